The van der Waals surface area contributed by atoms with Gasteiger partial charge in [-0.25, -0.2) is 4.79 Å². The van der Waals surface area contributed by atoms with Gasteiger partial charge in [-0.3, -0.25) is 0 Å². The van der Waals surface area contributed by atoms with E-state index in [1.807, 2.05) is 0 Å². The molecule has 0 aliphatic heterocycles. The maximum atomic E-state index is 12.1. The molecule has 0 heterocycles. The minimum atomic E-state index is -4.86. The summed E-state index contributed by atoms with van der Waals surface area (Å²) in [7, 11) is 0. The maximum absolute atomic E-state index is 12.1. The summed E-state index contributed by atoms with van der Waals surface area (Å²) in [5.41, 5.74) is 0. The third kappa shape index (κ3) is 4.11. The predicted molar refractivity (Wildman–Crippen MR) is 64.5 cm³/mol. The van der Waals surface area contributed by atoms with Gasteiger partial charge in [-0.15, -0.1) is 0 Å². The van der Waals surface area contributed by atoms with Crippen LogP contribution in [0.2, 0.25) is 0 Å². The van der Waals surface area contributed by atoms with Crippen LogP contribution in [-0.2, 0) is 9.53 Å². The Morgan fingerprint density at radius 3 is 1.89 bits per heavy atom. The first-order valence-electron chi connectivity index (χ1n) is 7.24. The Hall–Kier alpha value is -0.740. The molecule has 0 N–H and O–H groups in total. The van der Waals surface area contributed by atoms with Gasteiger partial charge in [-0.1, -0.05) is 32.1 Å². The van der Waals surface area contributed by atoms with Crippen molar-refractivity contribution in [3.63, 3.8) is 0 Å². The first-order chi connectivity index (χ1) is 8.97. The minimum Gasteiger partial charge on any atom is -0.456 e. The van der Waals surface area contributed by atoms with Crippen molar-refractivity contribution < 1.29 is 22.7 Å². The smallest absolute Gasteiger partial charge is 0.456 e. The van der Waals surface area contributed by atoms with E-state index in [9.17, 15) is 18.0 Å². The zero-order valence-corrected chi connectivity index (χ0v) is 11.0. The van der Waals surface area contributed by atoms with Crippen LogP contribution in [0, 0.1) is 11.8 Å². The molecule has 0 aromatic carbocycles. The first kappa shape index (κ1) is 14.7. The van der Waals surface area contributed by atoms with Crippen LogP contribution >= 0.6 is 0 Å². The summed E-state index contributed by atoms with van der Waals surface area (Å²) in [5.74, 6) is -0.664. The molecule has 2 nitrogen and oxygen atoms in total. The van der Waals surface area contributed by atoms with Gasteiger partial charge < -0.3 is 4.74 Å². The summed E-state index contributed by atoms with van der Waals surface area (Å²) < 4.78 is 40.8. The predicted octanol–water partition coefficient (Wildman–Crippen LogP) is 4.23. The van der Waals surface area contributed by atoms with Crippen molar-refractivity contribution in [3.8, 4) is 0 Å². The van der Waals surface area contributed by atoms with Crippen LogP contribution in [0.15, 0.2) is 0 Å². The highest BCUT2D eigenvalue weighted by Crippen LogP contribution is 2.39. The highest BCUT2D eigenvalue weighted by Gasteiger charge is 2.42. The number of hydrogen-bond donors (Lipinski definition) is 0. The maximum Gasteiger partial charge on any atom is 0.490 e. The summed E-state index contributed by atoms with van der Waals surface area (Å²) in [5, 5.41) is 0. The fourth-order valence-electron chi connectivity index (χ4n) is 3.50. The van der Waals surface area contributed by atoms with Gasteiger partial charge >= 0.3 is 12.1 Å². The van der Waals surface area contributed by atoms with Crippen LogP contribution in [0.1, 0.15) is 57.8 Å². The summed E-state index contributed by atoms with van der Waals surface area (Å²) in [6, 6.07) is 0. The van der Waals surface area contributed by atoms with Crippen molar-refractivity contribution in [1.29, 1.82) is 0 Å². The van der Waals surface area contributed by atoms with E-state index in [2.05, 4.69) is 4.74 Å². The quantitative estimate of drug-likeness (QED) is 0.706. The van der Waals surface area contributed by atoms with E-state index in [-0.39, 0.29) is 0 Å². The number of hydrogen-bond acceptors (Lipinski definition) is 2. The van der Waals surface area contributed by atoms with E-state index in [0.717, 1.165) is 18.8 Å². The molecule has 0 saturated heterocycles. The Kier molecular flexibility index (Phi) is 4.74. The highest BCUT2D eigenvalue weighted by molar-refractivity contribution is 5.75. The van der Waals surface area contributed by atoms with Gasteiger partial charge in [0.25, 0.3) is 0 Å². The molecule has 2 fully saturated rings. The molecule has 2 rings (SSSR count). The molecule has 0 unspecified atom stereocenters. The summed E-state index contributed by atoms with van der Waals surface area (Å²) in [4.78, 5) is 10.8. The number of alkyl halides is 3. The molecule has 0 radical (unpaired) electrons. The Morgan fingerprint density at radius 2 is 1.37 bits per heavy atom. The number of rotatable bonds is 2. The molecule has 0 aromatic rings. The molecule has 0 atom stereocenters. The Labute approximate surface area is 111 Å². The van der Waals surface area contributed by atoms with E-state index in [4.69, 9.17) is 0 Å². The first-order valence-corrected chi connectivity index (χ1v) is 7.24. The summed E-state index contributed by atoms with van der Waals surface area (Å²) in [6.07, 6.45) is 3.99. The van der Waals surface area contributed by atoms with E-state index in [1.165, 1.54) is 32.1 Å². The van der Waals surface area contributed by atoms with Crippen LogP contribution < -0.4 is 0 Å². The third-order valence-corrected chi connectivity index (χ3v) is 4.54. The van der Waals surface area contributed by atoms with E-state index < -0.39 is 18.2 Å². The van der Waals surface area contributed by atoms with Crippen LogP contribution in [0.3, 0.4) is 0 Å². The van der Waals surface area contributed by atoms with E-state index in [0.29, 0.717) is 18.8 Å². The second-order valence-electron chi connectivity index (χ2n) is 5.84. The number of halogens is 3. The largest absolute Gasteiger partial charge is 0.490 e. The van der Waals surface area contributed by atoms with E-state index in [1.54, 1.807) is 0 Å². The van der Waals surface area contributed by atoms with Crippen molar-refractivity contribution >= 4 is 5.97 Å². The van der Waals surface area contributed by atoms with Gasteiger partial charge in [0.1, 0.15) is 6.10 Å². The molecule has 0 amide bonds. The van der Waals surface area contributed by atoms with Crippen molar-refractivity contribution in [2.45, 2.75) is 70.1 Å². The summed E-state index contributed by atoms with van der Waals surface area (Å²) in [6.45, 7) is 0. The highest BCUT2D eigenvalue weighted by atomic mass is 19.4. The molecule has 2 saturated carbocycles. The van der Waals surface area contributed by atoms with Gasteiger partial charge in [-0.05, 0) is 37.5 Å². The molecular weight excluding hydrogens is 257 g/mol. The zero-order chi connectivity index (χ0) is 13.9. The molecule has 0 aromatic heterocycles. The monoisotopic (exact) mass is 278 g/mol. The van der Waals surface area contributed by atoms with Gasteiger partial charge in [0, 0.05) is 0 Å². The third-order valence-electron chi connectivity index (χ3n) is 4.54. The second-order valence-corrected chi connectivity index (χ2v) is 5.84. The second kappa shape index (κ2) is 6.14. The average Bonchev–Trinajstić information content (AvgIpc) is 2.39. The van der Waals surface area contributed by atoms with Gasteiger partial charge in [0.15, 0.2) is 0 Å². The SMILES string of the molecule is O=C(OC1CCC(C2CCCCC2)CC1)C(F)(F)F. The van der Waals surface area contributed by atoms with Gasteiger partial charge in [0.05, 0.1) is 0 Å². The zero-order valence-electron chi connectivity index (χ0n) is 11.0. The lowest BCUT2D eigenvalue weighted by molar-refractivity contribution is -0.206. The van der Waals surface area contributed by atoms with Crippen LogP contribution in [0.5, 0.6) is 0 Å². The number of carbonyl (C=O) groups excluding carboxylic acids is 1. The molecule has 0 spiro atoms. The van der Waals surface area contributed by atoms with Crippen LogP contribution in [0.4, 0.5) is 13.2 Å². The number of esters is 1. The summed E-state index contributed by atoms with van der Waals surface area (Å²) >= 11 is 0. The van der Waals surface area contributed by atoms with Crippen molar-refractivity contribution in [2.75, 3.05) is 0 Å². The lowest BCUT2D eigenvalue weighted by atomic mass is 9.73. The van der Waals surface area contributed by atoms with E-state index >= 15 is 0 Å². The molecule has 2 aliphatic rings. The minimum absolute atomic E-state index is 0.533. The van der Waals surface area contributed by atoms with Crippen LogP contribution in [0.25, 0.3) is 0 Å². The molecule has 2 aliphatic carbocycles. The normalized spacial score (nSPS) is 30.1. The fourth-order valence-corrected chi connectivity index (χ4v) is 3.50. The molecule has 5 heteroatoms. The molecular formula is C14H21F3O2. The van der Waals surface area contributed by atoms with Crippen LogP contribution in [-0.4, -0.2) is 18.2 Å². The molecule has 0 bridgehead atoms. The van der Waals surface area contributed by atoms with Gasteiger partial charge in [-0.2, -0.15) is 13.2 Å². The molecule has 19 heavy (non-hydrogen) atoms. The van der Waals surface area contributed by atoms with Crippen molar-refractivity contribution in [2.24, 2.45) is 11.8 Å². The lowest BCUT2D eigenvalue weighted by Crippen LogP contribution is -2.33. The Bertz CT molecular complexity index is 300. The standard InChI is InChI=1S/C14H21F3O2/c15-14(16,17)13(18)19-12-8-6-11(7-9-12)10-4-2-1-3-5-10/h10-12H,1-9H2. The lowest BCUT2D eigenvalue weighted by Gasteiger charge is -2.35. The number of ether oxygens (including phenoxy) is 1. The van der Waals surface area contributed by atoms with Gasteiger partial charge in [0.2, 0.25) is 0 Å². The average molecular weight is 278 g/mol. The Morgan fingerprint density at radius 1 is 0.842 bits per heavy atom. The number of carbonyl (C=O) groups is 1. The van der Waals surface area contributed by atoms with Crippen molar-refractivity contribution in [3.05, 3.63) is 0 Å². The fraction of sp³-hybridized carbons (Fsp3) is 0.929. The van der Waals surface area contributed by atoms with Crippen molar-refractivity contribution in [1.82, 2.24) is 0 Å². The Balaban J connectivity index is 1.74. The molecule has 110 valence electrons. The topological polar surface area (TPSA) is 26.3 Å².